The van der Waals surface area contributed by atoms with Crippen molar-refractivity contribution in [1.82, 2.24) is 45.0 Å². The van der Waals surface area contributed by atoms with Crippen molar-refractivity contribution in [3.05, 3.63) is 84.3 Å². The highest BCUT2D eigenvalue weighted by Crippen LogP contribution is 2.36. The van der Waals surface area contributed by atoms with Gasteiger partial charge in [-0.25, -0.2) is 13.4 Å². The minimum absolute atomic E-state index is 0.0136. The fourth-order valence-corrected chi connectivity index (χ4v) is 8.44. The molecule has 0 spiro atoms. The Labute approximate surface area is 346 Å². The van der Waals surface area contributed by atoms with Crippen molar-refractivity contribution in [1.29, 1.82) is 5.26 Å². The number of nitrogens with zero attached hydrogens (tertiary/aromatic N) is 6. The van der Waals surface area contributed by atoms with Gasteiger partial charge in [-0.3, -0.25) is 29.2 Å². The number of imide groups is 1. The minimum Gasteiger partial charge on any atom is -0.484 e. The van der Waals surface area contributed by atoms with Crippen LogP contribution in [-0.4, -0.2) is 99.6 Å². The molecule has 7 rings (SSSR count). The van der Waals surface area contributed by atoms with Crippen molar-refractivity contribution in [2.75, 3.05) is 43.9 Å². The number of amides is 4. The minimum atomic E-state index is -3.39. The van der Waals surface area contributed by atoms with Gasteiger partial charge >= 0.3 is 0 Å². The number of carbonyl (C=O) groups excluding carboxylic acids is 4. The summed E-state index contributed by atoms with van der Waals surface area (Å²) < 4.78 is 33.4. The number of anilines is 2. The summed E-state index contributed by atoms with van der Waals surface area (Å²) in [6.07, 6.45) is 8.31. The van der Waals surface area contributed by atoms with E-state index < -0.39 is 15.6 Å². The number of nitrogens with one attached hydrogen (secondary N) is 5. The summed E-state index contributed by atoms with van der Waals surface area (Å²) in [5, 5.41) is 26.2. The molecule has 60 heavy (non-hydrogen) atoms. The zero-order valence-electron chi connectivity index (χ0n) is 32.9. The molecule has 4 amide bonds. The number of aromatic nitrogens is 5. The predicted molar refractivity (Wildman–Crippen MR) is 220 cm³/mol. The van der Waals surface area contributed by atoms with Crippen LogP contribution in [0.5, 0.6) is 5.75 Å². The SMILES string of the molecule is CCS(=O)(=O)N1CC(CC#N)(n2cc(-c3nc(Nc4ccc(C(=O)NCCCCCNC(=O)COc5ccc(C6CCC(=O)NC6=O)cc5)cc4)nc4[nH]ccc34)cn2)C1. The first-order chi connectivity index (χ1) is 29.0. The second kappa shape index (κ2) is 18.1. The van der Waals surface area contributed by atoms with Crippen molar-refractivity contribution >= 4 is 56.3 Å². The van der Waals surface area contributed by atoms with E-state index in [2.05, 4.69) is 42.4 Å². The fourth-order valence-electron chi connectivity index (χ4n) is 7.20. The lowest BCUT2D eigenvalue weighted by atomic mass is 9.89. The van der Waals surface area contributed by atoms with Gasteiger partial charge in [0.15, 0.2) is 6.61 Å². The molecule has 1 unspecified atom stereocenters. The largest absolute Gasteiger partial charge is 0.484 e. The van der Waals surface area contributed by atoms with Gasteiger partial charge < -0.3 is 25.7 Å². The van der Waals surface area contributed by atoms with Gasteiger partial charge in [0, 0.05) is 67.2 Å². The van der Waals surface area contributed by atoms with Crippen molar-refractivity contribution in [3.63, 3.8) is 0 Å². The van der Waals surface area contributed by atoms with Gasteiger partial charge in [-0.1, -0.05) is 12.1 Å². The Bertz CT molecular complexity index is 2520. The number of sulfonamides is 1. The number of nitriles is 1. The van der Waals surface area contributed by atoms with Crippen LogP contribution in [0.15, 0.2) is 73.2 Å². The smallest absolute Gasteiger partial charge is 0.257 e. The van der Waals surface area contributed by atoms with Gasteiger partial charge in [-0.2, -0.15) is 19.6 Å². The second-order valence-electron chi connectivity index (χ2n) is 14.8. The topological polar surface area (TPSA) is 246 Å². The average Bonchev–Trinajstić information content (AvgIpc) is 3.92. The highest BCUT2D eigenvalue weighted by atomic mass is 32.2. The van der Waals surface area contributed by atoms with E-state index in [-0.39, 0.29) is 61.4 Å². The maximum absolute atomic E-state index is 12.8. The van der Waals surface area contributed by atoms with Gasteiger partial charge in [0.25, 0.3) is 11.8 Å². The highest BCUT2D eigenvalue weighted by molar-refractivity contribution is 7.89. The maximum Gasteiger partial charge on any atom is 0.257 e. The van der Waals surface area contributed by atoms with Gasteiger partial charge in [-0.05, 0) is 80.6 Å². The Kier molecular flexibility index (Phi) is 12.5. The lowest BCUT2D eigenvalue weighted by Gasteiger charge is -2.47. The molecule has 3 aromatic heterocycles. The molecule has 2 aliphatic heterocycles. The third-order valence-corrected chi connectivity index (χ3v) is 12.4. The molecule has 0 radical (unpaired) electrons. The monoisotopic (exact) mass is 835 g/mol. The molecule has 5 heterocycles. The van der Waals surface area contributed by atoms with Crippen LogP contribution in [0.3, 0.4) is 0 Å². The normalized spacial score (nSPS) is 16.4. The Hall–Kier alpha value is -6.65. The number of H-pyrrole nitrogens is 1. The lowest BCUT2D eigenvalue weighted by Crippen LogP contribution is -2.64. The Balaban J connectivity index is 0.835. The van der Waals surface area contributed by atoms with Crippen LogP contribution < -0.4 is 26.0 Å². The fraction of sp³-hybridized carbons (Fsp3) is 0.366. The number of carbonyl (C=O) groups is 4. The molecular formula is C41H45N11O7S. The molecule has 2 fully saturated rings. The van der Waals surface area contributed by atoms with Crippen LogP contribution >= 0.6 is 0 Å². The molecule has 1 atom stereocenters. The molecule has 19 heteroatoms. The van der Waals surface area contributed by atoms with Crippen LogP contribution in [0.1, 0.15) is 67.3 Å². The van der Waals surface area contributed by atoms with E-state index in [9.17, 15) is 32.9 Å². The molecule has 0 saturated carbocycles. The lowest BCUT2D eigenvalue weighted by molar-refractivity contribution is -0.134. The highest BCUT2D eigenvalue weighted by Gasteiger charge is 2.49. The first-order valence-corrected chi connectivity index (χ1v) is 21.3. The summed E-state index contributed by atoms with van der Waals surface area (Å²) in [6, 6.07) is 17.9. The summed E-state index contributed by atoms with van der Waals surface area (Å²) in [6.45, 7) is 2.72. The van der Waals surface area contributed by atoms with Crippen LogP contribution in [0, 0.1) is 11.3 Å². The number of aromatic amines is 1. The Morgan fingerprint density at radius 1 is 1.00 bits per heavy atom. The summed E-state index contributed by atoms with van der Waals surface area (Å²) in [7, 11) is -3.39. The molecule has 312 valence electrons. The van der Waals surface area contributed by atoms with Crippen molar-refractivity contribution < 1.29 is 32.3 Å². The first-order valence-electron chi connectivity index (χ1n) is 19.7. The molecule has 5 N–H and O–H groups in total. The molecule has 0 aliphatic carbocycles. The molecular weight excluding hydrogens is 791 g/mol. The standard InChI is InChI=1S/C41H45N11O7S/c1-2-60(57,58)51-25-41(26-51,17-18-42)52-23-29(22-46-52)36-33-16-21-44-37(33)50-40(49-36)47-30-10-6-28(7-11-30)38(55)45-20-5-3-4-19-43-35(54)24-59-31-12-8-27(9-13-31)32-14-15-34(53)48-39(32)56/h6-13,16,21-23,32H,2-5,14-15,17,19-20,24-26H2,1H3,(H,43,54)(H,45,55)(H,48,53,56)(H2,44,47,49,50). The van der Waals surface area contributed by atoms with Gasteiger partial charge in [0.2, 0.25) is 27.8 Å². The van der Waals surface area contributed by atoms with Crippen LogP contribution in [0.4, 0.5) is 11.6 Å². The number of hydrogen-bond donors (Lipinski definition) is 5. The number of hydrogen-bond acceptors (Lipinski definition) is 12. The Morgan fingerprint density at radius 2 is 1.75 bits per heavy atom. The number of piperidine rings is 1. The van der Waals surface area contributed by atoms with E-state index in [1.807, 2.05) is 6.07 Å². The Morgan fingerprint density at radius 3 is 2.47 bits per heavy atom. The molecule has 2 aromatic carbocycles. The van der Waals surface area contributed by atoms with E-state index in [0.29, 0.717) is 65.8 Å². The molecule has 5 aromatic rings. The van der Waals surface area contributed by atoms with E-state index in [0.717, 1.165) is 30.2 Å². The third-order valence-electron chi connectivity index (χ3n) is 10.6. The van der Waals surface area contributed by atoms with Crippen molar-refractivity contribution in [2.45, 2.75) is 56.9 Å². The number of rotatable bonds is 18. The van der Waals surface area contributed by atoms with Crippen LogP contribution in [0.2, 0.25) is 0 Å². The van der Waals surface area contributed by atoms with Crippen LogP contribution in [-0.2, 0) is 29.9 Å². The van der Waals surface area contributed by atoms with Crippen LogP contribution in [0.25, 0.3) is 22.3 Å². The van der Waals surface area contributed by atoms with Gasteiger partial charge in [-0.15, -0.1) is 0 Å². The summed E-state index contributed by atoms with van der Waals surface area (Å²) in [5.74, 6) is -0.613. The number of unbranched alkanes of at least 4 members (excludes halogenated alkanes) is 2. The number of ether oxygens (including phenoxy) is 1. The summed E-state index contributed by atoms with van der Waals surface area (Å²) in [5.41, 5.74) is 3.03. The van der Waals surface area contributed by atoms with E-state index in [4.69, 9.17) is 9.72 Å². The maximum atomic E-state index is 12.8. The average molecular weight is 836 g/mol. The molecule has 0 bridgehead atoms. The van der Waals surface area contributed by atoms with Crippen molar-refractivity contribution in [3.8, 4) is 23.1 Å². The first kappa shape index (κ1) is 41.5. The summed E-state index contributed by atoms with van der Waals surface area (Å²) >= 11 is 0. The van der Waals surface area contributed by atoms with Crippen molar-refractivity contribution in [2.24, 2.45) is 0 Å². The zero-order chi connectivity index (χ0) is 42.3. The van der Waals surface area contributed by atoms with Gasteiger partial charge in [0.05, 0.1) is 36.1 Å². The van der Waals surface area contributed by atoms with Gasteiger partial charge in [0.1, 0.15) is 16.9 Å². The summed E-state index contributed by atoms with van der Waals surface area (Å²) in [4.78, 5) is 61.1. The molecule has 18 nitrogen and oxygen atoms in total. The quantitative estimate of drug-likeness (QED) is 0.0630. The van der Waals surface area contributed by atoms with E-state index in [1.165, 1.54) is 4.31 Å². The molecule has 2 aliphatic rings. The number of fused-ring (bicyclic) bond motifs is 1. The predicted octanol–water partition coefficient (Wildman–Crippen LogP) is 3.45. The van der Waals surface area contributed by atoms with E-state index in [1.54, 1.807) is 78.7 Å². The van der Waals surface area contributed by atoms with E-state index >= 15 is 0 Å². The zero-order valence-corrected chi connectivity index (χ0v) is 33.8. The second-order valence-corrected chi connectivity index (χ2v) is 17.0. The third kappa shape index (κ3) is 9.45. The number of benzene rings is 2. The molecule has 2 saturated heterocycles.